The zero-order chi connectivity index (χ0) is 23.5. The molecule has 3 rings (SSSR count). The van der Waals surface area contributed by atoms with Crippen molar-refractivity contribution in [1.29, 1.82) is 10.5 Å². The smallest absolute Gasteiger partial charge is 0.138 e. The third kappa shape index (κ3) is 6.29. The third-order valence-corrected chi connectivity index (χ3v) is 5.27. The molecule has 0 aliphatic rings. The Morgan fingerprint density at radius 1 is 0.758 bits per heavy atom. The molecule has 1 N–H and O–H groups in total. The SMILES string of the molecule is CC(=NCc1ccccc1)/C(C(=C(C#N)C#N)c1ccccc1)=C(/C)NCc1ccccc1. The molecule has 0 unspecified atom stereocenters. The summed E-state index contributed by atoms with van der Waals surface area (Å²) >= 11 is 0. The van der Waals surface area contributed by atoms with Gasteiger partial charge in [-0.1, -0.05) is 91.0 Å². The van der Waals surface area contributed by atoms with E-state index in [9.17, 15) is 10.5 Å². The van der Waals surface area contributed by atoms with E-state index >= 15 is 0 Å². The van der Waals surface area contributed by atoms with E-state index < -0.39 is 0 Å². The predicted molar refractivity (Wildman–Crippen MR) is 134 cm³/mol. The van der Waals surface area contributed by atoms with E-state index in [1.807, 2.05) is 92.7 Å². The minimum Gasteiger partial charge on any atom is -0.384 e. The average Bonchev–Trinajstić information content (AvgIpc) is 2.88. The first-order valence-corrected chi connectivity index (χ1v) is 10.8. The van der Waals surface area contributed by atoms with Gasteiger partial charge < -0.3 is 5.32 Å². The topological polar surface area (TPSA) is 72.0 Å². The lowest BCUT2D eigenvalue weighted by Crippen LogP contribution is -2.17. The summed E-state index contributed by atoms with van der Waals surface area (Å²) in [6.45, 7) is 5.04. The summed E-state index contributed by atoms with van der Waals surface area (Å²) in [6.07, 6.45) is 0. The van der Waals surface area contributed by atoms with E-state index in [4.69, 9.17) is 4.99 Å². The van der Waals surface area contributed by atoms with E-state index in [1.54, 1.807) is 0 Å². The Hall–Kier alpha value is -4.41. The first kappa shape index (κ1) is 23.3. The van der Waals surface area contributed by atoms with Crippen LogP contribution < -0.4 is 5.32 Å². The highest BCUT2D eigenvalue weighted by atomic mass is 14.9. The molecule has 0 heterocycles. The molecule has 0 aliphatic heterocycles. The maximum Gasteiger partial charge on any atom is 0.138 e. The number of aliphatic imine (C=N–C) groups is 1. The first-order valence-electron chi connectivity index (χ1n) is 10.8. The second-order valence-electron chi connectivity index (χ2n) is 7.57. The summed E-state index contributed by atoms with van der Waals surface area (Å²) in [4.78, 5) is 4.83. The number of nitrogens with one attached hydrogen (secondary N) is 1. The summed E-state index contributed by atoms with van der Waals surface area (Å²) < 4.78 is 0. The summed E-state index contributed by atoms with van der Waals surface area (Å²) in [5.41, 5.74) is 6.08. The van der Waals surface area contributed by atoms with E-state index in [0.29, 0.717) is 18.7 Å². The number of hydrogen-bond acceptors (Lipinski definition) is 4. The number of nitrogens with zero attached hydrogens (tertiary/aromatic N) is 3. The number of hydrogen-bond donors (Lipinski definition) is 1. The normalized spacial score (nSPS) is 11.6. The van der Waals surface area contributed by atoms with E-state index in [-0.39, 0.29) is 5.57 Å². The summed E-state index contributed by atoms with van der Waals surface area (Å²) in [5, 5.41) is 23.0. The molecule has 0 saturated carbocycles. The zero-order valence-electron chi connectivity index (χ0n) is 18.9. The fourth-order valence-corrected chi connectivity index (χ4v) is 3.59. The van der Waals surface area contributed by atoms with Crippen molar-refractivity contribution < 1.29 is 0 Å². The molecule has 3 aromatic rings. The van der Waals surface area contributed by atoms with Crippen molar-refractivity contribution in [3.8, 4) is 12.1 Å². The lowest BCUT2D eigenvalue weighted by molar-refractivity contribution is 0.808. The van der Waals surface area contributed by atoms with Gasteiger partial charge in [-0.15, -0.1) is 0 Å². The second kappa shape index (κ2) is 11.8. The van der Waals surface area contributed by atoms with Crippen molar-refractivity contribution in [3.63, 3.8) is 0 Å². The van der Waals surface area contributed by atoms with Crippen molar-refractivity contribution in [2.24, 2.45) is 4.99 Å². The highest BCUT2D eigenvalue weighted by molar-refractivity contribution is 6.14. The van der Waals surface area contributed by atoms with E-state index in [1.165, 1.54) is 0 Å². The number of nitriles is 2. The van der Waals surface area contributed by atoms with Gasteiger partial charge >= 0.3 is 0 Å². The molecule has 0 bridgehead atoms. The molecule has 0 aromatic heterocycles. The fourth-order valence-electron chi connectivity index (χ4n) is 3.59. The van der Waals surface area contributed by atoms with Gasteiger partial charge in [-0.3, -0.25) is 4.99 Å². The summed E-state index contributed by atoms with van der Waals surface area (Å²) in [5.74, 6) is 0. The van der Waals surface area contributed by atoms with Crippen LogP contribution in [-0.4, -0.2) is 5.71 Å². The molecular weight excluding hydrogens is 404 g/mol. The number of allylic oxidation sites excluding steroid dienone is 4. The molecule has 4 heteroatoms. The molecule has 0 aliphatic carbocycles. The van der Waals surface area contributed by atoms with Crippen LogP contribution in [0.15, 0.2) is 113 Å². The standard InChI is InChI=1S/C29H26N4/c1-22(32-20-24-12-6-3-7-13-24)28(23(2)33-21-25-14-8-4-9-15-25)29(27(18-30)19-31)26-16-10-5-11-17-26/h3-17,32H,20-21H2,1-2H3/b28-22+,33-23?. The van der Waals surface area contributed by atoms with Crippen molar-refractivity contribution >= 4 is 11.3 Å². The second-order valence-corrected chi connectivity index (χ2v) is 7.57. The van der Waals surface area contributed by atoms with Crippen LogP contribution in [0.4, 0.5) is 0 Å². The Morgan fingerprint density at radius 2 is 1.27 bits per heavy atom. The molecular formula is C29H26N4. The lowest BCUT2D eigenvalue weighted by atomic mass is 9.89. The molecule has 0 spiro atoms. The van der Waals surface area contributed by atoms with E-state index in [2.05, 4.69) is 29.6 Å². The Morgan fingerprint density at radius 3 is 1.82 bits per heavy atom. The van der Waals surface area contributed by atoms with Gasteiger partial charge in [0.15, 0.2) is 0 Å². The fraction of sp³-hybridized carbons (Fsp3) is 0.138. The van der Waals surface area contributed by atoms with Crippen LogP contribution in [0.2, 0.25) is 0 Å². The Labute approximate surface area is 195 Å². The van der Waals surface area contributed by atoms with Crippen LogP contribution >= 0.6 is 0 Å². The van der Waals surface area contributed by atoms with Crippen LogP contribution in [0, 0.1) is 22.7 Å². The van der Waals surface area contributed by atoms with Gasteiger partial charge in [-0.2, -0.15) is 10.5 Å². The van der Waals surface area contributed by atoms with Gasteiger partial charge in [-0.25, -0.2) is 0 Å². The summed E-state index contributed by atoms with van der Waals surface area (Å²) in [6, 6.07) is 33.9. The maximum absolute atomic E-state index is 9.77. The first-order chi connectivity index (χ1) is 16.1. The molecule has 0 saturated heterocycles. The Bertz CT molecular complexity index is 1220. The lowest BCUT2D eigenvalue weighted by Gasteiger charge is -2.18. The quantitative estimate of drug-likeness (QED) is 0.262. The molecule has 0 fully saturated rings. The van der Waals surface area contributed by atoms with Crippen LogP contribution in [0.5, 0.6) is 0 Å². The van der Waals surface area contributed by atoms with Gasteiger partial charge in [0, 0.05) is 29.1 Å². The van der Waals surface area contributed by atoms with Gasteiger partial charge in [0.1, 0.15) is 17.7 Å². The number of rotatable bonds is 8. The van der Waals surface area contributed by atoms with Gasteiger partial charge in [0.05, 0.1) is 6.54 Å². The molecule has 3 aromatic carbocycles. The molecule has 162 valence electrons. The molecule has 4 nitrogen and oxygen atoms in total. The van der Waals surface area contributed by atoms with Gasteiger partial charge in [0.25, 0.3) is 0 Å². The molecule has 33 heavy (non-hydrogen) atoms. The van der Waals surface area contributed by atoms with Crippen molar-refractivity contribution in [2.75, 3.05) is 0 Å². The summed E-state index contributed by atoms with van der Waals surface area (Å²) in [7, 11) is 0. The average molecular weight is 431 g/mol. The minimum absolute atomic E-state index is 0.0614. The maximum atomic E-state index is 9.77. The number of benzene rings is 3. The van der Waals surface area contributed by atoms with Gasteiger partial charge in [0.2, 0.25) is 0 Å². The Balaban J connectivity index is 2.11. The van der Waals surface area contributed by atoms with Crippen LogP contribution in [0.25, 0.3) is 5.57 Å². The highest BCUT2D eigenvalue weighted by Gasteiger charge is 2.19. The third-order valence-electron chi connectivity index (χ3n) is 5.27. The van der Waals surface area contributed by atoms with Crippen LogP contribution in [0.3, 0.4) is 0 Å². The molecule has 0 amide bonds. The Kier molecular flexibility index (Phi) is 8.34. The minimum atomic E-state index is 0.0614. The van der Waals surface area contributed by atoms with Crippen molar-refractivity contribution in [3.05, 3.63) is 125 Å². The highest BCUT2D eigenvalue weighted by Crippen LogP contribution is 2.30. The largest absolute Gasteiger partial charge is 0.384 e. The van der Waals surface area contributed by atoms with Crippen molar-refractivity contribution in [2.45, 2.75) is 26.9 Å². The predicted octanol–water partition coefficient (Wildman–Crippen LogP) is 6.21. The monoisotopic (exact) mass is 430 g/mol. The molecule has 0 atom stereocenters. The van der Waals surface area contributed by atoms with E-state index in [0.717, 1.165) is 33.7 Å². The van der Waals surface area contributed by atoms with Crippen LogP contribution in [-0.2, 0) is 13.1 Å². The van der Waals surface area contributed by atoms with Crippen LogP contribution in [0.1, 0.15) is 30.5 Å². The molecule has 0 radical (unpaired) electrons. The van der Waals surface area contributed by atoms with Crippen molar-refractivity contribution in [1.82, 2.24) is 5.32 Å². The zero-order valence-corrected chi connectivity index (χ0v) is 18.9. The van der Waals surface area contributed by atoms with Gasteiger partial charge in [-0.05, 0) is 30.5 Å².